The van der Waals surface area contributed by atoms with Crippen LogP contribution in [0.15, 0.2) is 103 Å². The van der Waals surface area contributed by atoms with Gasteiger partial charge in [-0.05, 0) is 83.9 Å². The SMILES string of the molecule is O=C(O)CCCC(=O)NCCC[C@H](NC(=O)OCc1ccccc1)C(=O)N1C[C@@H](NC(=O)OCC2c3ccccc3-c3ccccc32)C[C@H]1C(=O)NC1CCCc2ccccc21. The van der Waals surface area contributed by atoms with E-state index in [1.165, 1.54) is 4.90 Å². The zero-order chi connectivity index (χ0) is 43.4. The van der Waals surface area contributed by atoms with Gasteiger partial charge >= 0.3 is 18.2 Å². The summed E-state index contributed by atoms with van der Waals surface area (Å²) in [4.78, 5) is 80.4. The van der Waals surface area contributed by atoms with Crippen molar-refractivity contribution in [2.75, 3.05) is 19.7 Å². The Bertz CT molecular complexity index is 2200. The molecule has 1 unspecified atom stereocenters. The van der Waals surface area contributed by atoms with Gasteiger partial charge in [0.05, 0.1) is 12.1 Å². The summed E-state index contributed by atoms with van der Waals surface area (Å²) in [6, 6.07) is 30.1. The van der Waals surface area contributed by atoms with Crippen LogP contribution in [0.1, 0.15) is 91.1 Å². The van der Waals surface area contributed by atoms with Gasteiger partial charge in [0.15, 0.2) is 0 Å². The quantitative estimate of drug-likeness (QED) is 0.0778. The van der Waals surface area contributed by atoms with Crippen LogP contribution in [0.2, 0.25) is 0 Å². The summed E-state index contributed by atoms with van der Waals surface area (Å²) in [6.07, 6.45) is 1.55. The number of hydrogen-bond acceptors (Lipinski definition) is 8. The molecule has 3 aliphatic rings. The molecule has 4 aromatic carbocycles. The molecule has 324 valence electrons. The molecule has 0 spiro atoms. The molecule has 4 atom stereocenters. The van der Waals surface area contributed by atoms with Crippen LogP contribution in [-0.4, -0.2) is 83.7 Å². The van der Waals surface area contributed by atoms with Gasteiger partial charge in [-0.15, -0.1) is 0 Å². The number of fused-ring (bicyclic) bond motifs is 4. The first-order valence-corrected chi connectivity index (χ1v) is 21.4. The number of aliphatic carboxylic acids is 1. The molecule has 2 aliphatic carbocycles. The monoisotopic (exact) mass is 843 g/mol. The number of hydrogen-bond donors (Lipinski definition) is 5. The number of nitrogens with one attached hydrogen (secondary N) is 4. The fraction of sp³-hybridized carbons (Fsp3) is 0.375. The lowest BCUT2D eigenvalue weighted by Gasteiger charge is -2.31. The number of amides is 5. The normalized spacial score (nSPS) is 18.0. The summed E-state index contributed by atoms with van der Waals surface area (Å²) >= 11 is 0. The lowest BCUT2D eigenvalue weighted by molar-refractivity contribution is -0.140. The molecule has 7 rings (SSSR count). The summed E-state index contributed by atoms with van der Waals surface area (Å²) in [7, 11) is 0. The number of carboxylic acid groups (broad SMARTS) is 1. The minimum absolute atomic E-state index is 0.0279. The lowest BCUT2D eigenvalue weighted by atomic mass is 9.87. The number of carbonyl (C=O) groups excluding carboxylic acids is 5. The fourth-order valence-electron chi connectivity index (χ4n) is 8.80. The smallest absolute Gasteiger partial charge is 0.408 e. The maximum absolute atomic E-state index is 14.6. The Morgan fingerprint density at radius 3 is 2.15 bits per heavy atom. The molecule has 0 aromatic heterocycles. The first-order valence-electron chi connectivity index (χ1n) is 21.4. The van der Waals surface area contributed by atoms with Crippen LogP contribution in [0.4, 0.5) is 9.59 Å². The fourth-order valence-corrected chi connectivity index (χ4v) is 8.80. The van der Waals surface area contributed by atoms with Crippen LogP contribution in [0.5, 0.6) is 0 Å². The number of alkyl carbamates (subject to hydrolysis) is 2. The predicted octanol–water partition coefficient (Wildman–Crippen LogP) is 6.13. The molecule has 1 heterocycles. The Kier molecular flexibility index (Phi) is 14.5. The van der Waals surface area contributed by atoms with Crippen molar-refractivity contribution in [3.63, 3.8) is 0 Å². The summed E-state index contributed by atoms with van der Waals surface area (Å²) in [5.41, 5.74) is 7.27. The number of nitrogens with zero attached hydrogens (tertiary/aromatic N) is 1. The minimum Gasteiger partial charge on any atom is -0.481 e. The number of carbonyl (C=O) groups is 6. The van der Waals surface area contributed by atoms with Crippen LogP contribution in [0.3, 0.4) is 0 Å². The Balaban J connectivity index is 1.05. The molecule has 1 fully saturated rings. The van der Waals surface area contributed by atoms with Gasteiger partial charge < -0.3 is 40.7 Å². The number of benzene rings is 4. The zero-order valence-corrected chi connectivity index (χ0v) is 34.6. The van der Waals surface area contributed by atoms with E-state index in [0.29, 0.717) is 0 Å². The zero-order valence-electron chi connectivity index (χ0n) is 34.6. The Morgan fingerprint density at radius 1 is 0.742 bits per heavy atom. The standard InChI is InChI=1S/C48H53N5O9/c54-43(24-11-25-44(55)56)49-26-12-23-41(52-48(60)61-29-31-13-2-1-3-14-31)46(58)53-28-33(27-42(53)45(57)51-40-22-10-16-32-15-4-5-17-34(32)40)50-47(59)62-30-39-37-20-8-6-18-35(37)36-19-7-9-21-38(36)39/h1-9,13-15,17-21,33,39-42H,10-12,16,22-30H2,(H,49,54)(H,50,59)(H,51,57)(H,52,60)(H,55,56)/t33-,40?,41-,42-/m0/s1. The Labute approximate surface area is 360 Å². The first kappa shape index (κ1) is 43.4. The molecule has 14 heteroatoms. The van der Waals surface area contributed by atoms with Gasteiger partial charge in [-0.1, -0.05) is 103 Å². The molecule has 5 N–H and O–H groups in total. The minimum atomic E-state index is -1.15. The van der Waals surface area contributed by atoms with Crippen molar-refractivity contribution >= 4 is 35.9 Å². The van der Waals surface area contributed by atoms with E-state index in [9.17, 15) is 28.8 Å². The number of carboxylic acids is 1. The molecule has 62 heavy (non-hydrogen) atoms. The average molecular weight is 844 g/mol. The van der Waals surface area contributed by atoms with Crippen molar-refractivity contribution in [3.05, 3.63) is 131 Å². The van der Waals surface area contributed by atoms with Gasteiger partial charge in [0.25, 0.3) is 0 Å². The summed E-state index contributed by atoms with van der Waals surface area (Å²) in [5.74, 6) is -2.40. The molecule has 0 saturated carbocycles. The molecule has 5 amide bonds. The highest BCUT2D eigenvalue weighted by Crippen LogP contribution is 2.44. The largest absolute Gasteiger partial charge is 0.481 e. The average Bonchev–Trinajstić information content (AvgIpc) is 3.85. The number of likely N-dealkylation sites (tertiary alicyclic amines) is 1. The third-order valence-electron chi connectivity index (χ3n) is 11.8. The molecule has 4 aromatic rings. The van der Waals surface area contributed by atoms with Crippen molar-refractivity contribution < 1.29 is 43.3 Å². The van der Waals surface area contributed by atoms with E-state index in [4.69, 9.17) is 14.6 Å². The Morgan fingerprint density at radius 2 is 1.42 bits per heavy atom. The third-order valence-corrected chi connectivity index (χ3v) is 11.8. The van der Waals surface area contributed by atoms with Crippen LogP contribution in [0, 0.1) is 0 Å². The lowest BCUT2D eigenvalue weighted by Crippen LogP contribution is -2.54. The molecule has 14 nitrogen and oxygen atoms in total. The Hall–Kier alpha value is -6.70. The molecule has 0 bridgehead atoms. The highest BCUT2D eigenvalue weighted by Gasteiger charge is 2.43. The second kappa shape index (κ2) is 20.7. The topological polar surface area (TPSA) is 192 Å². The van der Waals surface area contributed by atoms with Crippen LogP contribution in [0.25, 0.3) is 11.1 Å². The third kappa shape index (κ3) is 11.0. The molecule has 1 aliphatic heterocycles. The van der Waals surface area contributed by atoms with E-state index in [-0.39, 0.29) is 88.6 Å². The van der Waals surface area contributed by atoms with E-state index in [0.717, 1.165) is 58.2 Å². The van der Waals surface area contributed by atoms with E-state index in [2.05, 4.69) is 39.5 Å². The number of rotatable bonds is 17. The highest BCUT2D eigenvalue weighted by atomic mass is 16.6. The van der Waals surface area contributed by atoms with Gasteiger partial charge in [-0.2, -0.15) is 0 Å². The van der Waals surface area contributed by atoms with E-state index < -0.39 is 42.2 Å². The number of aryl methyl sites for hydroxylation is 1. The van der Waals surface area contributed by atoms with E-state index in [1.807, 2.05) is 72.8 Å². The summed E-state index contributed by atoms with van der Waals surface area (Å²) in [6.45, 7) is 0.185. The van der Waals surface area contributed by atoms with Gasteiger partial charge in [0.1, 0.15) is 25.3 Å². The predicted molar refractivity (Wildman–Crippen MR) is 230 cm³/mol. The first-order chi connectivity index (χ1) is 30.1. The molecular formula is C48H53N5O9. The molecular weight excluding hydrogens is 791 g/mol. The highest BCUT2D eigenvalue weighted by molar-refractivity contribution is 5.92. The second-order valence-corrected chi connectivity index (χ2v) is 16.1. The van der Waals surface area contributed by atoms with E-state index >= 15 is 0 Å². The van der Waals surface area contributed by atoms with Gasteiger partial charge in [-0.25, -0.2) is 9.59 Å². The van der Waals surface area contributed by atoms with Crippen molar-refractivity contribution in [1.82, 2.24) is 26.2 Å². The molecule has 0 radical (unpaired) electrons. The van der Waals surface area contributed by atoms with Crippen LogP contribution in [-0.2, 0) is 41.7 Å². The van der Waals surface area contributed by atoms with Crippen molar-refractivity contribution in [2.24, 2.45) is 0 Å². The maximum atomic E-state index is 14.6. The van der Waals surface area contributed by atoms with Gasteiger partial charge in [0, 0.05) is 31.8 Å². The van der Waals surface area contributed by atoms with Crippen molar-refractivity contribution in [2.45, 2.75) is 94.5 Å². The van der Waals surface area contributed by atoms with Crippen LogP contribution >= 0.6 is 0 Å². The van der Waals surface area contributed by atoms with Crippen molar-refractivity contribution in [3.8, 4) is 11.1 Å². The second-order valence-electron chi connectivity index (χ2n) is 16.1. The van der Waals surface area contributed by atoms with Gasteiger partial charge in [-0.3, -0.25) is 19.2 Å². The maximum Gasteiger partial charge on any atom is 0.408 e. The summed E-state index contributed by atoms with van der Waals surface area (Å²) in [5, 5.41) is 20.5. The van der Waals surface area contributed by atoms with Crippen LogP contribution < -0.4 is 21.3 Å². The van der Waals surface area contributed by atoms with Gasteiger partial charge in [0.2, 0.25) is 17.7 Å². The van der Waals surface area contributed by atoms with Crippen molar-refractivity contribution in [1.29, 1.82) is 0 Å². The summed E-state index contributed by atoms with van der Waals surface area (Å²) < 4.78 is 11.3. The number of ether oxygens (including phenoxy) is 2. The molecule has 1 saturated heterocycles. The van der Waals surface area contributed by atoms with E-state index in [1.54, 1.807) is 12.1 Å².